The maximum absolute atomic E-state index is 12.8. The van der Waals surface area contributed by atoms with Gasteiger partial charge in [-0.05, 0) is 49.2 Å². The van der Waals surface area contributed by atoms with E-state index in [0.717, 1.165) is 27.0 Å². The van der Waals surface area contributed by atoms with Crippen molar-refractivity contribution in [2.45, 2.75) is 26.3 Å². The minimum absolute atomic E-state index is 0.200. The molecule has 1 atom stereocenters. The minimum atomic E-state index is -0.397. The topological polar surface area (TPSA) is 31.2 Å². The van der Waals surface area contributed by atoms with Crippen LogP contribution in [-0.2, 0) is 16.0 Å². The Kier molecular flexibility index (Phi) is 5.94. The molecule has 0 saturated heterocycles. The Bertz CT molecular complexity index is 869. The fourth-order valence-corrected chi connectivity index (χ4v) is 3.44. The summed E-state index contributed by atoms with van der Waals surface area (Å²) >= 11 is 3.48. The summed E-state index contributed by atoms with van der Waals surface area (Å²) in [7, 11) is 0. The Balaban J connectivity index is 2.04. The molecule has 0 aliphatic heterocycles. The molecule has 3 nitrogen and oxygen atoms in total. The predicted molar refractivity (Wildman–Crippen MR) is 108 cm³/mol. The van der Waals surface area contributed by atoms with Crippen molar-refractivity contribution in [1.29, 1.82) is 0 Å². The van der Waals surface area contributed by atoms with Crippen molar-refractivity contribution in [3.8, 4) is 11.3 Å². The number of rotatable bonds is 6. The van der Waals surface area contributed by atoms with Gasteiger partial charge >= 0.3 is 5.97 Å². The van der Waals surface area contributed by atoms with Crippen molar-refractivity contribution >= 4 is 21.9 Å². The lowest BCUT2D eigenvalue weighted by atomic mass is 10.0. The maximum Gasteiger partial charge on any atom is 0.329 e. The summed E-state index contributed by atoms with van der Waals surface area (Å²) in [6.07, 6.45) is 0.596. The van der Waals surface area contributed by atoms with Crippen LogP contribution >= 0.6 is 15.9 Å². The first-order valence-corrected chi connectivity index (χ1v) is 9.53. The molecule has 26 heavy (non-hydrogen) atoms. The summed E-state index contributed by atoms with van der Waals surface area (Å²) in [5.41, 5.74) is 4.24. The number of hydrogen-bond acceptors (Lipinski definition) is 2. The van der Waals surface area contributed by atoms with Gasteiger partial charge in [-0.25, -0.2) is 4.79 Å². The lowest BCUT2D eigenvalue weighted by molar-refractivity contribution is -0.147. The Morgan fingerprint density at radius 2 is 1.73 bits per heavy atom. The third-order valence-electron chi connectivity index (χ3n) is 4.40. The fourth-order valence-electron chi connectivity index (χ4n) is 3.18. The summed E-state index contributed by atoms with van der Waals surface area (Å²) in [5, 5.41) is 0. The van der Waals surface area contributed by atoms with Gasteiger partial charge < -0.3 is 9.30 Å². The van der Waals surface area contributed by atoms with Crippen LogP contribution in [0.15, 0.2) is 71.2 Å². The van der Waals surface area contributed by atoms with Crippen LogP contribution in [0.3, 0.4) is 0 Å². The molecule has 0 radical (unpaired) electrons. The van der Waals surface area contributed by atoms with Crippen molar-refractivity contribution in [2.75, 3.05) is 6.61 Å². The molecule has 2 aromatic carbocycles. The number of halogens is 1. The van der Waals surface area contributed by atoms with Gasteiger partial charge in [0.1, 0.15) is 6.04 Å². The normalized spacial score (nSPS) is 12.0. The molecule has 3 aromatic rings. The Hall–Kier alpha value is -2.33. The van der Waals surface area contributed by atoms with E-state index in [1.54, 1.807) is 0 Å². The first-order valence-electron chi connectivity index (χ1n) is 8.74. The predicted octanol–water partition coefficient (Wildman–Crippen LogP) is 5.57. The summed E-state index contributed by atoms with van der Waals surface area (Å²) in [4.78, 5) is 12.8. The first kappa shape index (κ1) is 18.5. The third-order valence-corrected chi connectivity index (χ3v) is 4.93. The Morgan fingerprint density at radius 3 is 2.38 bits per heavy atom. The van der Waals surface area contributed by atoms with E-state index in [0.29, 0.717) is 13.0 Å². The van der Waals surface area contributed by atoms with Crippen LogP contribution in [0.5, 0.6) is 0 Å². The highest BCUT2D eigenvalue weighted by molar-refractivity contribution is 9.10. The molecular formula is C22H22BrNO2. The molecular weight excluding hydrogens is 390 g/mol. The van der Waals surface area contributed by atoms with Crippen molar-refractivity contribution in [3.05, 3.63) is 82.5 Å². The van der Waals surface area contributed by atoms with Crippen LogP contribution in [0, 0.1) is 6.92 Å². The highest BCUT2D eigenvalue weighted by Gasteiger charge is 2.26. The quantitative estimate of drug-likeness (QED) is 0.496. The van der Waals surface area contributed by atoms with Gasteiger partial charge in [-0.2, -0.15) is 0 Å². The van der Waals surface area contributed by atoms with Crippen LogP contribution in [0.1, 0.15) is 24.2 Å². The standard InChI is InChI=1S/C22H22BrNO2/c1-3-26-22(25)21(15-17-7-5-4-6-8-17)24-16(2)9-14-20(24)18-10-12-19(23)13-11-18/h4-14,21H,3,15H2,1-2H3/t21-/m1/s1. The maximum atomic E-state index is 12.8. The largest absolute Gasteiger partial charge is 0.464 e. The van der Waals surface area contributed by atoms with E-state index >= 15 is 0 Å². The van der Waals surface area contributed by atoms with Crippen molar-refractivity contribution in [1.82, 2.24) is 4.57 Å². The zero-order chi connectivity index (χ0) is 18.5. The van der Waals surface area contributed by atoms with Crippen LogP contribution in [0.25, 0.3) is 11.3 Å². The SMILES string of the molecule is CCOC(=O)[C@@H](Cc1ccccc1)n1c(C)ccc1-c1ccc(Br)cc1. The molecule has 0 aliphatic carbocycles. The zero-order valence-electron chi connectivity index (χ0n) is 15.0. The van der Waals surface area contributed by atoms with E-state index in [-0.39, 0.29) is 5.97 Å². The van der Waals surface area contributed by atoms with Gasteiger partial charge in [-0.3, -0.25) is 0 Å². The first-order chi connectivity index (χ1) is 12.6. The summed E-state index contributed by atoms with van der Waals surface area (Å²) in [6, 6.07) is 21.9. The molecule has 0 N–H and O–H groups in total. The Labute approximate surface area is 162 Å². The fraction of sp³-hybridized carbons (Fsp3) is 0.227. The highest BCUT2D eigenvalue weighted by Crippen LogP contribution is 2.30. The molecule has 134 valence electrons. The number of carbonyl (C=O) groups is 1. The van der Waals surface area contributed by atoms with Gasteiger partial charge in [0, 0.05) is 22.3 Å². The van der Waals surface area contributed by atoms with E-state index in [2.05, 4.69) is 44.8 Å². The van der Waals surface area contributed by atoms with Crippen LogP contribution in [0.2, 0.25) is 0 Å². The van der Waals surface area contributed by atoms with Gasteiger partial charge in [-0.1, -0.05) is 58.4 Å². The minimum Gasteiger partial charge on any atom is -0.464 e. The van der Waals surface area contributed by atoms with Crippen molar-refractivity contribution in [2.24, 2.45) is 0 Å². The van der Waals surface area contributed by atoms with Crippen LogP contribution in [-0.4, -0.2) is 17.1 Å². The second kappa shape index (κ2) is 8.37. The number of nitrogens with zero attached hydrogens (tertiary/aromatic N) is 1. The Morgan fingerprint density at radius 1 is 1.04 bits per heavy atom. The lowest BCUT2D eigenvalue weighted by Crippen LogP contribution is -2.25. The van der Waals surface area contributed by atoms with E-state index in [1.165, 1.54) is 0 Å². The number of benzene rings is 2. The van der Waals surface area contributed by atoms with Crippen molar-refractivity contribution in [3.63, 3.8) is 0 Å². The molecule has 0 unspecified atom stereocenters. The number of ether oxygens (including phenoxy) is 1. The number of esters is 1. The number of aromatic nitrogens is 1. The number of aryl methyl sites for hydroxylation is 1. The summed E-state index contributed by atoms with van der Waals surface area (Å²) < 4.78 is 8.52. The second-order valence-corrected chi connectivity index (χ2v) is 7.11. The van der Waals surface area contributed by atoms with E-state index in [9.17, 15) is 4.79 Å². The second-order valence-electron chi connectivity index (χ2n) is 6.19. The average molecular weight is 412 g/mol. The van der Waals surface area contributed by atoms with Gasteiger partial charge in [0.15, 0.2) is 0 Å². The van der Waals surface area contributed by atoms with Gasteiger partial charge in [0.25, 0.3) is 0 Å². The van der Waals surface area contributed by atoms with Crippen LogP contribution in [0.4, 0.5) is 0 Å². The number of carbonyl (C=O) groups excluding carboxylic acids is 1. The lowest BCUT2D eigenvalue weighted by Gasteiger charge is -2.22. The summed E-state index contributed by atoms with van der Waals surface area (Å²) in [5.74, 6) is -0.200. The molecule has 4 heteroatoms. The van der Waals surface area contributed by atoms with Gasteiger partial charge in [-0.15, -0.1) is 0 Å². The molecule has 0 saturated carbocycles. The van der Waals surface area contributed by atoms with Gasteiger partial charge in [0.2, 0.25) is 0 Å². The van der Waals surface area contributed by atoms with Gasteiger partial charge in [0.05, 0.1) is 6.61 Å². The summed E-state index contributed by atoms with van der Waals surface area (Å²) in [6.45, 7) is 4.24. The molecule has 0 amide bonds. The van der Waals surface area contributed by atoms with Crippen LogP contribution < -0.4 is 0 Å². The average Bonchev–Trinajstić information content (AvgIpc) is 3.02. The smallest absolute Gasteiger partial charge is 0.329 e. The number of hydrogen-bond donors (Lipinski definition) is 0. The molecule has 0 spiro atoms. The van der Waals surface area contributed by atoms with E-state index in [4.69, 9.17) is 4.74 Å². The molecule has 1 heterocycles. The molecule has 0 fully saturated rings. The monoisotopic (exact) mass is 411 g/mol. The molecule has 0 aliphatic rings. The van der Waals surface area contributed by atoms with E-state index in [1.807, 2.05) is 56.3 Å². The molecule has 3 rings (SSSR count). The highest BCUT2D eigenvalue weighted by atomic mass is 79.9. The third kappa shape index (κ3) is 4.07. The van der Waals surface area contributed by atoms with E-state index < -0.39 is 6.04 Å². The molecule has 0 bridgehead atoms. The van der Waals surface area contributed by atoms with Crippen molar-refractivity contribution < 1.29 is 9.53 Å². The molecule has 1 aromatic heterocycles. The zero-order valence-corrected chi connectivity index (χ0v) is 16.6.